The number of piperidine rings is 1. The van der Waals surface area contributed by atoms with Crippen molar-refractivity contribution in [1.29, 1.82) is 0 Å². The maximum atomic E-state index is 11.5. The fourth-order valence-electron chi connectivity index (χ4n) is 2.57. The van der Waals surface area contributed by atoms with Crippen molar-refractivity contribution in [2.45, 2.75) is 19.8 Å². The van der Waals surface area contributed by atoms with Gasteiger partial charge in [0, 0.05) is 32.8 Å². The molecule has 6 heteroatoms. The van der Waals surface area contributed by atoms with Gasteiger partial charge < -0.3 is 19.9 Å². The zero-order valence-corrected chi connectivity index (χ0v) is 12.3. The number of methoxy groups -OCH3 is 1. The van der Waals surface area contributed by atoms with Gasteiger partial charge in [0.1, 0.15) is 11.6 Å². The van der Waals surface area contributed by atoms with Crippen molar-refractivity contribution < 1.29 is 4.74 Å². The molecule has 2 heterocycles. The summed E-state index contributed by atoms with van der Waals surface area (Å²) in [7, 11) is 1.72. The van der Waals surface area contributed by atoms with Crippen LogP contribution >= 0.6 is 0 Å². The number of rotatable bonds is 6. The van der Waals surface area contributed by atoms with Crippen LogP contribution in [0.5, 0.6) is 0 Å². The summed E-state index contributed by atoms with van der Waals surface area (Å²) < 4.78 is 5.02. The Labute approximate surface area is 119 Å². The van der Waals surface area contributed by atoms with E-state index in [2.05, 4.69) is 20.2 Å². The number of aryl methyl sites for hydroxylation is 1. The molecule has 0 radical (unpaired) electrons. The highest BCUT2D eigenvalue weighted by molar-refractivity contribution is 5.37. The molecule has 112 valence electrons. The van der Waals surface area contributed by atoms with Crippen LogP contribution < -0.4 is 15.8 Å². The first kappa shape index (κ1) is 15.0. The first-order valence-corrected chi connectivity index (χ1v) is 7.21. The van der Waals surface area contributed by atoms with Crippen LogP contribution in [-0.4, -0.2) is 49.9 Å². The molecule has 1 fully saturated rings. The van der Waals surface area contributed by atoms with E-state index in [-0.39, 0.29) is 5.56 Å². The van der Waals surface area contributed by atoms with Gasteiger partial charge in [0.15, 0.2) is 0 Å². The van der Waals surface area contributed by atoms with Crippen molar-refractivity contribution in [3.05, 3.63) is 22.2 Å². The quantitative estimate of drug-likeness (QED) is 0.744. The molecule has 1 aliphatic heterocycles. The fraction of sp³-hybridized carbons (Fsp3) is 0.714. The maximum absolute atomic E-state index is 11.5. The Kier molecular flexibility index (Phi) is 5.55. The lowest BCUT2D eigenvalue weighted by atomic mass is 9.97. The first-order chi connectivity index (χ1) is 9.69. The second-order valence-corrected chi connectivity index (χ2v) is 5.32. The molecule has 1 aromatic heterocycles. The highest BCUT2D eigenvalue weighted by atomic mass is 16.5. The Hall–Kier alpha value is -1.40. The molecule has 0 unspecified atom stereocenters. The summed E-state index contributed by atoms with van der Waals surface area (Å²) >= 11 is 0. The van der Waals surface area contributed by atoms with E-state index in [9.17, 15) is 4.79 Å². The molecule has 1 saturated heterocycles. The molecule has 0 aromatic carbocycles. The largest absolute Gasteiger partial charge is 0.383 e. The zero-order valence-electron chi connectivity index (χ0n) is 12.3. The molecule has 0 saturated carbocycles. The van der Waals surface area contributed by atoms with Crippen molar-refractivity contribution in [3.8, 4) is 0 Å². The van der Waals surface area contributed by atoms with Gasteiger partial charge in [-0.05, 0) is 32.2 Å². The second-order valence-electron chi connectivity index (χ2n) is 5.32. The van der Waals surface area contributed by atoms with Gasteiger partial charge in [0.25, 0.3) is 5.56 Å². The van der Waals surface area contributed by atoms with E-state index in [0.717, 1.165) is 51.4 Å². The van der Waals surface area contributed by atoms with Crippen LogP contribution in [0.3, 0.4) is 0 Å². The van der Waals surface area contributed by atoms with E-state index >= 15 is 0 Å². The van der Waals surface area contributed by atoms with Gasteiger partial charge in [-0.25, -0.2) is 4.98 Å². The molecule has 1 aromatic rings. The second kappa shape index (κ2) is 7.40. The van der Waals surface area contributed by atoms with Crippen molar-refractivity contribution >= 4 is 5.82 Å². The standard InChI is InChI=1S/C14H24N4O2/c1-11-16-13(9-14(19)17-11)18-6-3-12(4-7-18)10-15-5-8-20-2/h9,12,15H,3-8,10H2,1-2H3,(H,16,17,19). The third kappa shape index (κ3) is 4.31. The summed E-state index contributed by atoms with van der Waals surface area (Å²) in [5.74, 6) is 2.18. The Balaban J connectivity index is 1.80. The first-order valence-electron chi connectivity index (χ1n) is 7.21. The van der Waals surface area contributed by atoms with E-state index < -0.39 is 0 Å². The Morgan fingerprint density at radius 3 is 2.90 bits per heavy atom. The molecule has 2 N–H and O–H groups in total. The number of aromatic amines is 1. The van der Waals surface area contributed by atoms with E-state index in [4.69, 9.17) is 4.74 Å². The van der Waals surface area contributed by atoms with Crippen LogP contribution in [0.25, 0.3) is 0 Å². The molecule has 6 nitrogen and oxygen atoms in total. The summed E-state index contributed by atoms with van der Waals surface area (Å²) in [6, 6.07) is 1.59. The Morgan fingerprint density at radius 1 is 1.50 bits per heavy atom. The van der Waals surface area contributed by atoms with E-state index in [1.54, 1.807) is 13.2 Å². The molecule has 0 atom stereocenters. The number of H-pyrrole nitrogens is 1. The maximum Gasteiger partial charge on any atom is 0.252 e. The minimum absolute atomic E-state index is 0.0733. The average Bonchev–Trinajstić information content (AvgIpc) is 2.43. The van der Waals surface area contributed by atoms with E-state index in [1.807, 2.05) is 6.92 Å². The van der Waals surface area contributed by atoms with E-state index in [0.29, 0.717) is 11.7 Å². The zero-order chi connectivity index (χ0) is 14.4. The molecule has 1 aliphatic rings. The van der Waals surface area contributed by atoms with Crippen molar-refractivity contribution in [2.24, 2.45) is 5.92 Å². The number of ether oxygens (including phenoxy) is 1. The predicted molar refractivity (Wildman–Crippen MR) is 79.3 cm³/mol. The minimum atomic E-state index is -0.0733. The van der Waals surface area contributed by atoms with Crippen molar-refractivity contribution in [1.82, 2.24) is 15.3 Å². The number of nitrogens with zero attached hydrogens (tertiary/aromatic N) is 2. The van der Waals surface area contributed by atoms with Gasteiger partial charge in [0.2, 0.25) is 0 Å². The molecule has 20 heavy (non-hydrogen) atoms. The molecule has 0 aliphatic carbocycles. The molecular formula is C14H24N4O2. The van der Waals surface area contributed by atoms with Crippen LogP contribution in [0.4, 0.5) is 5.82 Å². The highest BCUT2D eigenvalue weighted by Crippen LogP contribution is 2.20. The van der Waals surface area contributed by atoms with Crippen molar-refractivity contribution in [2.75, 3.05) is 44.8 Å². The topological polar surface area (TPSA) is 70.2 Å². The number of aromatic nitrogens is 2. The summed E-state index contributed by atoms with van der Waals surface area (Å²) in [5.41, 5.74) is -0.0733. The summed E-state index contributed by atoms with van der Waals surface area (Å²) in [6.07, 6.45) is 2.26. The minimum Gasteiger partial charge on any atom is -0.383 e. The number of hydrogen-bond donors (Lipinski definition) is 2. The molecule has 2 rings (SSSR count). The van der Waals surface area contributed by atoms with E-state index in [1.165, 1.54) is 0 Å². The number of nitrogens with one attached hydrogen (secondary N) is 2. The molecule has 0 amide bonds. The summed E-state index contributed by atoms with van der Waals surface area (Å²) in [6.45, 7) is 6.45. The van der Waals surface area contributed by atoms with Crippen molar-refractivity contribution in [3.63, 3.8) is 0 Å². The lowest BCUT2D eigenvalue weighted by Gasteiger charge is -2.32. The van der Waals surface area contributed by atoms with Crippen LogP contribution in [0.15, 0.2) is 10.9 Å². The van der Waals surface area contributed by atoms with Gasteiger partial charge in [-0.1, -0.05) is 0 Å². The number of anilines is 1. The SMILES string of the molecule is COCCNCC1CCN(c2cc(=O)[nH]c(C)n2)CC1. The molecule has 0 spiro atoms. The summed E-state index contributed by atoms with van der Waals surface area (Å²) in [4.78, 5) is 20.8. The molecular weight excluding hydrogens is 256 g/mol. The predicted octanol–water partition coefficient (Wildman–Crippen LogP) is 0.531. The molecule has 0 bridgehead atoms. The van der Waals surface area contributed by atoms with Crippen LogP contribution in [0.2, 0.25) is 0 Å². The third-order valence-electron chi connectivity index (χ3n) is 3.70. The van der Waals surface area contributed by atoms with Crippen LogP contribution in [0.1, 0.15) is 18.7 Å². The average molecular weight is 280 g/mol. The van der Waals surface area contributed by atoms with Gasteiger partial charge in [-0.15, -0.1) is 0 Å². The van der Waals surface area contributed by atoms with Gasteiger partial charge in [0.05, 0.1) is 6.61 Å². The van der Waals surface area contributed by atoms with Gasteiger partial charge in [-0.3, -0.25) is 4.79 Å². The monoisotopic (exact) mass is 280 g/mol. The normalized spacial score (nSPS) is 16.6. The number of hydrogen-bond acceptors (Lipinski definition) is 5. The fourth-order valence-corrected chi connectivity index (χ4v) is 2.57. The Bertz CT molecular complexity index is 466. The van der Waals surface area contributed by atoms with Gasteiger partial charge >= 0.3 is 0 Å². The van der Waals surface area contributed by atoms with Crippen LogP contribution in [0, 0.1) is 12.8 Å². The van der Waals surface area contributed by atoms with Gasteiger partial charge in [-0.2, -0.15) is 0 Å². The lowest BCUT2D eigenvalue weighted by Crippen LogP contribution is -2.38. The third-order valence-corrected chi connectivity index (χ3v) is 3.70. The Morgan fingerprint density at radius 2 is 2.25 bits per heavy atom. The lowest BCUT2D eigenvalue weighted by molar-refractivity contribution is 0.196. The summed E-state index contributed by atoms with van der Waals surface area (Å²) in [5, 5.41) is 3.41. The van der Waals surface area contributed by atoms with Crippen LogP contribution in [-0.2, 0) is 4.74 Å². The smallest absolute Gasteiger partial charge is 0.252 e. The highest BCUT2D eigenvalue weighted by Gasteiger charge is 2.20.